The lowest BCUT2D eigenvalue weighted by molar-refractivity contribution is 0.200. The number of benzene rings is 1. The van der Waals surface area contributed by atoms with E-state index < -0.39 is 9.84 Å². The average molecular weight is 286 g/mol. The Balaban J connectivity index is 2.55. The molecule has 0 heterocycles. The van der Waals surface area contributed by atoms with Crippen molar-refractivity contribution in [3.8, 4) is 0 Å². The summed E-state index contributed by atoms with van der Waals surface area (Å²) in [6, 6.07) is 7.00. The SMILES string of the molecule is CCS(=O)(=O)c1ccccc1NCCNCCOC. The second-order valence-corrected chi connectivity index (χ2v) is 6.32. The number of hydrogen-bond donors (Lipinski definition) is 2. The van der Waals surface area contributed by atoms with Crippen LogP contribution >= 0.6 is 0 Å². The smallest absolute Gasteiger partial charge is 0.180 e. The van der Waals surface area contributed by atoms with Gasteiger partial charge in [-0.25, -0.2) is 8.42 Å². The van der Waals surface area contributed by atoms with Gasteiger partial charge in [0.05, 0.1) is 22.9 Å². The summed E-state index contributed by atoms with van der Waals surface area (Å²) in [6.07, 6.45) is 0. The minimum absolute atomic E-state index is 0.109. The Bertz CT molecular complexity index is 475. The number of sulfone groups is 1. The maximum atomic E-state index is 11.9. The van der Waals surface area contributed by atoms with Crippen molar-refractivity contribution in [2.75, 3.05) is 44.4 Å². The largest absolute Gasteiger partial charge is 0.383 e. The Kier molecular flexibility index (Phi) is 6.83. The quantitative estimate of drug-likeness (QED) is 0.666. The molecule has 0 spiro atoms. The first-order valence-electron chi connectivity index (χ1n) is 6.37. The summed E-state index contributed by atoms with van der Waals surface area (Å²) in [5.74, 6) is 0.109. The standard InChI is InChI=1S/C13H22N2O3S/c1-3-19(16,17)13-7-5-4-6-12(13)15-9-8-14-10-11-18-2/h4-7,14-15H,3,8-11H2,1-2H3. The Labute approximate surface area is 115 Å². The number of hydrogen-bond acceptors (Lipinski definition) is 5. The first kappa shape index (κ1) is 15.9. The summed E-state index contributed by atoms with van der Waals surface area (Å²) >= 11 is 0. The number of anilines is 1. The molecule has 1 rings (SSSR count). The van der Waals surface area contributed by atoms with Gasteiger partial charge >= 0.3 is 0 Å². The molecule has 0 fully saturated rings. The maximum Gasteiger partial charge on any atom is 0.180 e. The van der Waals surface area contributed by atoms with Crippen molar-refractivity contribution in [2.45, 2.75) is 11.8 Å². The van der Waals surface area contributed by atoms with E-state index in [-0.39, 0.29) is 5.75 Å². The van der Waals surface area contributed by atoms with Gasteiger partial charge in [0.2, 0.25) is 0 Å². The third kappa shape index (κ3) is 5.18. The monoisotopic (exact) mass is 286 g/mol. The van der Waals surface area contributed by atoms with Crippen LogP contribution in [-0.4, -0.2) is 47.5 Å². The lowest BCUT2D eigenvalue weighted by Crippen LogP contribution is -2.25. The lowest BCUT2D eigenvalue weighted by atomic mass is 10.3. The second kappa shape index (κ2) is 8.14. The van der Waals surface area contributed by atoms with Crippen molar-refractivity contribution in [2.24, 2.45) is 0 Å². The van der Waals surface area contributed by atoms with E-state index in [1.807, 2.05) is 6.07 Å². The number of methoxy groups -OCH3 is 1. The van der Waals surface area contributed by atoms with Crippen LogP contribution in [0.15, 0.2) is 29.2 Å². The van der Waals surface area contributed by atoms with Gasteiger partial charge in [-0.1, -0.05) is 19.1 Å². The highest BCUT2D eigenvalue weighted by Crippen LogP contribution is 2.21. The van der Waals surface area contributed by atoms with Crippen LogP contribution in [0.5, 0.6) is 0 Å². The van der Waals surface area contributed by atoms with Crippen LogP contribution in [-0.2, 0) is 14.6 Å². The molecule has 1 aromatic rings. The predicted octanol–water partition coefficient (Wildman–Crippen LogP) is 1.13. The molecule has 108 valence electrons. The molecule has 0 radical (unpaired) electrons. The third-order valence-electron chi connectivity index (χ3n) is 2.70. The number of ether oxygens (including phenoxy) is 1. The Morgan fingerprint density at radius 1 is 1.16 bits per heavy atom. The molecule has 0 aliphatic heterocycles. The molecule has 1 aromatic carbocycles. The Morgan fingerprint density at radius 2 is 1.89 bits per heavy atom. The van der Waals surface area contributed by atoms with Crippen molar-refractivity contribution in [1.29, 1.82) is 0 Å². The van der Waals surface area contributed by atoms with Crippen LogP contribution in [0.3, 0.4) is 0 Å². The van der Waals surface area contributed by atoms with Crippen LogP contribution in [0.25, 0.3) is 0 Å². The second-order valence-electron chi connectivity index (χ2n) is 4.07. The summed E-state index contributed by atoms with van der Waals surface area (Å²) in [4.78, 5) is 0.370. The number of para-hydroxylation sites is 1. The number of rotatable bonds is 9. The summed E-state index contributed by atoms with van der Waals surface area (Å²) < 4.78 is 28.8. The Morgan fingerprint density at radius 3 is 2.58 bits per heavy atom. The molecule has 0 aliphatic carbocycles. The molecule has 0 atom stereocenters. The highest BCUT2D eigenvalue weighted by atomic mass is 32.2. The van der Waals surface area contributed by atoms with Crippen LogP contribution in [0.4, 0.5) is 5.69 Å². The molecular weight excluding hydrogens is 264 g/mol. The fourth-order valence-corrected chi connectivity index (χ4v) is 2.70. The van der Waals surface area contributed by atoms with Gasteiger partial charge in [0.1, 0.15) is 0 Å². The summed E-state index contributed by atoms with van der Waals surface area (Å²) in [5, 5.41) is 6.34. The topological polar surface area (TPSA) is 67.4 Å². The van der Waals surface area contributed by atoms with Gasteiger partial charge < -0.3 is 15.4 Å². The van der Waals surface area contributed by atoms with Crippen molar-refractivity contribution in [1.82, 2.24) is 5.32 Å². The van der Waals surface area contributed by atoms with E-state index in [0.717, 1.165) is 13.1 Å². The zero-order chi connectivity index (χ0) is 14.1. The Hall–Kier alpha value is -1.11. The van der Waals surface area contributed by atoms with Gasteiger partial charge in [0.15, 0.2) is 9.84 Å². The lowest BCUT2D eigenvalue weighted by Gasteiger charge is -2.12. The van der Waals surface area contributed by atoms with Gasteiger partial charge in [-0.05, 0) is 12.1 Å². The molecule has 6 heteroatoms. The zero-order valence-electron chi connectivity index (χ0n) is 11.5. The van der Waals surface area contributed by atoms with Gasteiger partial charge in [-0.2, -0.15) is 0 Å². The molecule has 0 saturated heterocycles. The summed E-state index contributed by atoms with van der Waals surface area (Å²) in [7, 11) is -1.52. The summed E-state index contributed by atoms with van der Waals surface area (Å²) in [5.41, 5.74) is 0.665. The average Bonchev–Trinajstić information content (AvgIpc) is 2.43. The molecule has 0 saturated carbocycles. The minimum atomic E-state index is -3.18. The van der Waals surface area contributed by atoms with Crippen LogP contribution in [0, 0.1) is 0 Å². The van der Waals surface area contributed by atoms with E-state index in [1.54, 1.807) is 32.2 Å². The minimum Gasteiger partial charge on any atom is -0.383 e. The molecule has 5 nitrogen and oxygen atoms in total. The molecule has 2 N–H and O–H groups in total. The fourth-order valence-electron chi connectivity index (χ4n) is 1.62. The van der Waals surface area contributed by atoms with E-state index >= 15 is 0 Å². The first-order valence-corrected chi connectivity index (χ1v) is 8.02. The van der Waals surface area contributed by atoms with E-state index in [4.69, 9.17) is 4.74 Å². The van der Waals surface area contributed by atoms with E-state index in [0.29, 0.717) is 23.7 Å². The number of nitrogens with one attached hydrogen (secondary N) is 2. The van der Waals surface area contributed by atoms with Crippen molar-refractivity contribution in [3.05, 3.63) is 24.3 Å². The zero-order valence-corrected chi connectivity index (χ0v) is 12.3. The first-order chi connectivity index (χ1) is 9.11. The van der Waals surface area contributed by atoms with Crippen LogP contribution in [0.1, 0.15) is 6.92 Å². The molecule has 0 amide bonds. The van der Waals surface area contributed by atoms with Crippen LogP contribution < -0.4 is 10.6 Å². The summed E-state index contributed by atoms with van der Waals surface area (Å²) in [6.45, 7) is 4.52. The van der Waals surface area contributed by atoms with E-state index in [1.165, 1.54) is 0 Å². The highest BCUT2D eigenvalue weighted by molar-refractivity contribution is 7.91. The van der Waals surface area contributed by atoms with Gasteiger partial charge in [0, 0.05) is 26.7 Å². The third-order valence-corrected chi connectivity index (χ3v) is 4.49. The predicted molar refractivity (Wildman–Crippen MR) is 77.4 cm³/mol. The molecule has 0 bridgehead atoms. The van der Waals surface area contributed by atoms with Crippen molar-refractivity contribution < 1.29 is 13.2 Å². The molecule has 0 unspecified atom stereocenters. The van der Waals surface area contributed by atoms with Crippen molar-refractivity contribution in [3.63, 3.8) is 0 Å². The van der Waals surface area contributed by atoms with Gasteiger partial charge in [-0.15, -0.1) is 0 Å². The van der Waals surface area contributed by atoms with Gasteiger partial charge in [0.25, 0.3) is 0 Å². The van der Waals surface area contributed by atoms with Crippen molar-refractivity contribution >= 4 is 15.5 Å². The molecule has 0 aliphatic rings. The maximum absolute atomic E-state index is 11.9. The molecular formula is C13H22N2O3S. The molecule has 0 aromatic heterocycles. The van der Waals surface area contributed by atoms with Gasteiger partial charge in [-0.3, -0.25) is 0 Å². The van der Waals surface area contributed by atoms with Crippen LogP contribution in [0.2, 0.25) is 0 Å². The molecule has 19 heavy (non-hydrogen) atoms. The normalized spacial score (nSPS) is 11.5. The van der Waals surface area contributed by atoms with E-state index in [2.05, 4.69) is 10.6 Å². The fraction of sp³-hybridized carbons (Fsp3) is 0.538. The van der Waals surface area contributed by atoms with E-state index in [9.17, 15) is 8.42 Å². The highest BCUT2D eigenvalue weighted by Gasteiger charge is 2.15.